The minimum Gasteiger partial charge on any atom is -0.448 e. The van der Waals surface area contributed by atoms with E-state index < -0.39 is 12.1 Å². The lowest BCUT2D eigenvalue weighted by atomic mass is 10.1. The van der Waals surface area contributed by atoms with Gasteiger partial charge in [-0.3, -0.25) is 9.48 Å². The lowest BCUT2D eigenvalue weighted by Crippen LogP contribution is -2.35. The standard InChI is InChI=1S/C21H23N3O3S/c1-5-10-22-19(25)15(4)27-21(26)18-11-17-14(3)23-24(20(17)28-18)12-16-8-6-13(2)7-9-16/h5-9,11,15H,1,10,12H2,2-4H3,(H,22,25). The van der Waals surface area contributed by atoms with Gasteiger partial charge in [0.1, 0.15) is 9.71 Å². The van der Waals surface area contributed by atoms with E-state index >= 15 is 0 Å². The van der Waals surface area contributed by atoms with Crippen LogP contribution >= 0.6 is 11.3 Å². The Bertz CT molecular complexity index is 1020. The Morgan fingerprint density at radius 1 is 1.32 bits per heavy atom. The Labute approximate surface area is 167 Å². The number of carbonyl (C=O) groups excluding carboxylic acids is 2. The number of ether oxygens (including phenoxy) is 1. The van der Waals surface area contributed by atoms with Gasteiger partial charge in [0.25, 0.3) is 5.91 Å². The fraction of sp³-hybridized carbons (Fsp3) is 0.286. The molecule has 2 heterocycles. The van der Waals surface area contributed by atoms with E-state index in [0.717, 1.165) is 21.5 Å². The first-order valence-electron chi connectivity index (χ1n) is 9.01. The van der Waals surface area contributed by atoms with E-state index in [1.54, 1.807) is 19.1 Å². The smallest absolute Gasteiger partial charge is 0.349 e. The molecule has 3 aromatic rings. The zero-order valence-electron chi connectivity index (χ0n) is 16.2. The summed E-state index contributed by atoms with van der Waals surface area (Å²) in [6.07, 6.45) is 0.698. The normalized spacial score (nSPS) is 12.0. The summed E-state index contributed by atoms with van der Waals surface area (Å²) in [6.45, 7) is 10.0. The zero-order valence-corrected chi connectivity index (χ0v) is 17.0. The maximum absolute atomic E-state index is 12.5. The van der Waals surface area contributed by atoms with Gasteiger partial charge in [0.2, 0.25) is 0 Å². The van der Waals surface area contributed by atoms with Gasteiger partial charge in [-0.2, -0.15) is 5.10 Å². The number of rotatable bonds is 7. The Kier molecular flexibility index (Phi) is 5.94. The van der Waals surface area contributed by atoms with Gasteiger partial charge in [0.15, 0.2) is 6.10 Å². The molecule has 146 valence electrons. The predicted octanol–water partition coefficient (Wildman–Crippen LogP) is 3.61. The third-order valence-electron chi connectivity index (χ3n) is 4.34. The molecular formula is C21H23N3O3S. The van der Waals surface area contributed by atoms with E-state index in [4.69, 9.17) is 4.74 Å². The highest BCUT2D eigenvalue weighted by atomic mass is 32.1. The molecular weight excluding hydrogens is 374 g/mol. The Morgan fingerprint density at radius 2 is 2.04 bits per heavy atom. The first-order valence-corrected chi connectivity index (χ1v) is 9.82. The first-order chi connectivity index (χ1) is 13.4. The maximum atomic E-state index is 12.5. The molecule has 6 nitrogen and oxygen atoms in total. The van der Waals surface area contributed by atoms with Crippen LogP contribution in [0.25, 0.3) is 10.2 Å². The van der Waals surface area contributed by atoms with Gasteiger partial charge in [-0.15, -0.1) is 17.9 Å². The molecule has 0 aliphatic heterocycles. The predicted molar refractivity (Wildman–Crippen MR) is 111 cm³/mol. The van der Waals surface area contributed by atoms with Crippen LogP contribution < -0.4 is 5.32 Å². The minimum atomic E-state index is -0.872. The molecule has 0 fully saturated rings. The number of amides is 1. The third kappa shape index (κ3) is 4.31. The van der Waals surface area contributed by atoms with Gasteiger partial charge < -0.3 is 10.1 Å². The number of hydrogen-bond acceptors (Lipinski definition) is 5. The molecule has 1 atom stereocenters. The van der Waals surface area contributed by atoms with Crippen LogP contribution in [-0.4, -0.2) is 34.3 Å². The van der Waals surface area contributed by atoms with Gasteiger partial charge in [0, 0.05) is 11.9 Å². The highest BCUT2D eigenvalue weighted by Gasteiger charge is 2.22. The SMILES string of the molecule is C=CCNC(=O)C(C)OC(=O)c1cc2c(C)nn(Cc3ccc(C)cc3)c2s1. The molecule has 1 amide bonds. The number of nitrogens with zero attached hydrogens (tertiary/aromatic N) is 2. The van der Waals surface area contributed by atoms with Crippen molar-refractivity contribution in [2.75, 3.05) is 6.54 Å². The molecule has 0 aliphatic carbocycles. The summed E-state index contributed by atoms with van der Waals surface area (Å²) in [5, 5.41) is 8.13. The van der Waals surface area contributed by atoms with Crippen LogP contribution in [0.5, 0.6) is 0 Å². The van der Waals surface area contributed by atoms with Crippen LogP contribution in [0.4, 0.5) is 0 Å². The molecule has 1 N–H and O–H groups in total. The number of fused-ring (bicyclic) bond motifs is 1. The molecule has 1 unspecified atom stereocenters. The molecule has 0 bridgehead atoms. The lowest BCUT2D eigenvalue weighted by molar-refractivity contribution is -0.128. The number of hydrogen-bond donors (Lipinski definition) is 1. The van der Waals surface area contributed by atoms with E-state index in [9.17, 15) is 9.59 Å². The van der Waals surface area contributed by atoms with E-state index in [1.807, 2.05) is 11.6 Å². The van der Waals surface area contributed by atoms with Gasteiger partial charge in [-0.05, 0) is 32.4 Å². The van der Waals surface area contributed by atoms with Crippen molar-refractivity contribution in [3.05, 3.63) is 64.7 Å². The number of carbonyl (C=O) groups is 2. The minimum absolute atomic E-state index is 0.331. The highest BCUT2D eigenvalue weighted by Crippen LogP contribution is 2.29. The average Bonchev–Trinajstić information content (AvgIpc) is 3.23. The maximum Gasteiger partial charge on any atom is 0.349 e. The number of aryl methyl sites for hydroxylation is 2. The topological polar surface area (TPSA) is 73.2 Å². The molecule has 0 saturated carbocycles. The van der Waals surface area contributed by atoms with Crippen molar-refractivity contribution < 1.29 is 14.3 Å². The fourth-order valence-electron chi connectivity index (χ4n) is 2.78. The summed E-state index contributed by atoms with van der Waals surface area (Å²) in [4.78, 5) is 25.7. The number of benzene rings is 1. The van der Waals surface area contributed by atoms with Crippen LogP contribution in [-0.2, 0) is 16.1 Å². The van der Waals surface area contributed by atoms with Crippen LogP contribution in [0, 0.1) is 13.8 Å². The van der Waals surface area contributed by atoms with Crippen LogP contribution in [0.15, 0.2) is 43.0 Å². The van der Waals surface area contributed by atoms with Crippen LogP contribution in [0.2, 0.25) is 0 Å². The average molecular weight is 398 g/mol. The van der Waals surface area contributed by atoms with Crippen molar-refractivity contribution in [3.63, 3.8) is 0 Å². The molecule has 0 saturated heterocycles. The number of esters is 1. The van der Waals surface area contributed by atoms with Crippen LogP contribution in [0.3, 0.4) is 0 Å². The van der Waals surface area contributed by atoms with Crippen molar-refractivity contribution in [2.24, 2.45) is 0 Å². The van der Waals surface area contributed by atoms with Gasteiger partial charge in [-0.25, -0.2) is 4.79 Å². The Balaban J connectivity index is 1.78. The van der Waals surface area contributed by atoms with Gasteiger partial charge in [0.05, 0.1) is 12.2 Å². The molecule has 7 heteroatoms. The molecule has 28 heavy (non-hydrogen) atoms. The number of thiophene rings is 1. The Morgan fingerprint density at radius 3 is 2.71 bits per heavy atom. The summed E-state index contributed by atoms with van der Waals surface area (Å²) in [6, 6.07) is 10.1. The van der Waals surface area contributed by atoms with Crippen molar-refractivity contribution in [1.29, 1.82) is 0 Å². The molecule has 2 aromatic heterocycles. The van der Waals surface area contributed by atoms with Crippen molar-refractivity contribution >= 4 is 33.4 Å². The van der Waals surface area contributed by atoms with Crippen molar-refractivity contribution in [2.45, 2.75) is 33.4 Å². The van der Waals surface area contributed by atoms with Crippen molar-refractivity contribution in [1.82, 2.24) is 15.1 Å². The first kappa shape index (κ1) is 19.8. The lowest BCUT2D eigenvalue weighted by Gasteiger charge is -2.11. The summed E-state index contributed by atoms with van der Waals surface area (Å²) < 4.78 is 7.20. The molecule has 0 spiro atoms. The highest BCUT2D eigenvalue weighted by molar-refractivity contribution is 7.20. The fourth-order valence-corrected chi connectivity index (χ4v) is 3.82. The quantitative estimate of drug-likeness (QED) is 0.488. The van der Waals surface area contributed by atoms with Gasteiger partial charge >= 0.3 is 5.97 Å². The molecule has 0 aliphatic rings. The number of nitrogens with one attached hydrogen (secondary N) is 1. The molecule has 0 radical (unpaired) electrons. The Hall–Kier alpha value is -2.93. The number of aromatic nitrogens is 2. The zero-order chi connectivity index (χ0) is 20.3. The van der Waals surface area contributed by atoms with E-state index in [2.05, 4.69) is 48.2 Å². The van der Waals surface area contributed by atoms with Gasteiger partial charge in [-0.1, -0.05) is 35.9 Å². The second-order valence-electron chi connectivity index (χ2n) is 6.64. The largest absolute Gasteiger partial charge is 0.448 e. The second kappa shape index (κ2) is 8.39. The summed E-state index contributed by atoms with van der Waals surface area (Å²) >= 11 is 1.32. The molecule has 1 aromatic carbocycles. The van der Waals surface area contributed by atoms with Crippen molar-refractivity contribution in [3.8, 4) is 0 Å². The third-order valence-corrected chi connectivity index (χ3v) is 5.46. The molecule has 3 rings (SSSR count). The summed E-state index contributed by atoms with van der Waals surface area (Å²) in [5.41, 5.74) is 3.20. The van der Waals surface area contributed by atoms with Crippen LogP contribution in [0.1, 0.15) is 33.4 Å². The van der Waals surface area contributed by atoms with E-state index in [0.29, 0.717) is 18.0 Å². The summed E-state index contributed by atoms with van der Waals surface area (Å²) in [7, 11) is 0. The van der Waals surface area contributed by atoms with E-state index in [1.165, 1.54) is 16.9 Å². The summed E-state index contributed by atoms with van der Waals surface area (Å²) in [5.74, 6) is -0.861. The van der Waals surface area contributed by atoms with E-state index in [-0.39, 0.29) is 5.91 Å². The monoisotopic (exact) mass is 397 g/mol. The second-order valence-corrected chi connectivity index (χ2v) is 7.67.